The molecule has 1 aliphatic rings. The van der Waals surface area contributed by atoms with E-state index in [1.165, 1.54) is 0 Å². The molecule has 29 heavy (non-hydrogen) atoms. The molecule has 0 atom stereocenters. The van der Waals surface area contributed by atoms with E-state index >= 15 is 0 Å². The first kappa shape index (κ1) is 19.1. The minimum absolute atomic E-state index is 0.0212. The van der Waals surface area contributed by atoms with Crippen LogP contribution in [0.3, 0.4) is 0 Å². The van der Waals surface area contributed by atoms with E-state index in [0.29, 0.717) is 24.5 Å². The molecule has 3 heterocycles. The number of amides is 1. The van der Waals surface area contributed by atoms with Gasteiger partial charge in [0, 0.05) is 41.9 Å². The zero-order chi connectivity index (χ0) is 20.4. The first-order valence-corrected chi connectivity index (χ1v) is 9.72. The van der Waals surface area contributed by atoms with Crippen LogP contribution in [0, 0.1) is 0 Å². The second-order valence-corrected chi connectivity index (χ2v) is 7.25. The van der Waals surface area contributed by atoms with Crippen LogP contribution in [0.15, 0.2) is 42.6 Å². The molecule has 2 N–H and O–H groups in total. The van der Waals surface area contributed by atoms with Crippen molar-refractivity contribution < 1.29 is 14.3 Å². The molecule has 3 aromatic rings. The Balaban J connectivity index is 1.91. The van der Waals surface area contributed by atoms with Crippen molar-refractivity contribution in [3.05, 3.63) is 48.2 Å². The van der Waals surface area contributed by atoms with Crippen LogP contribution in [0.5, 0.6) is 5.75 Å². The maximum absolute atomic E-state index is 11.6. The van der Waals surface area contributed by atoms with E-state index in [2.05, 4.69) is 9.88 Å². The van der Waals surface area contributed by atoms with Gasteiger partial charge in [0.15, 0.2) is 0 Å². The smallest absolute Gasteiger partial charge is 0.248 e. The van der Waals surface area contributed by atoms with Crippen LogP contribution in [0.4, 0.5) is 5.82 Å². The Morgan fingerprint density at radius 2 is 2.00 bits per heavy atom. The number of carbonyl (C=O) groups is 1. The molecule has 7 nitrogen and oxygen atoms in total. The van der Waals surface area contributed by atoms with E-state index in [9.17, 15) is 4.79 Å². The summed E-state index contributed by atoms with van der Waals surface area (Å²) in [4.78, 5) is 23.3. The van der Waals surface area contributed by atoms with Crippen molar-refractivity contribution in [3.8, 4) is 17.0 Å². The Labute approximate surface area is 169 Å². The van der Waals surface area contributed by atoms with Crippen molar-refractivity contribution in [1.82, 2.24) is 9.97 Å². The number of fused-ring (bicyclic) bond motifs is 1. The number of rotatable bonds is 5. The highest BCUT2D eigenvalue weighted by molar-refractivity contribution is 5.98. The number of ether oxygens (including phenoxy) is 2. The van der Waals surface area contributed by atoms with Gasteiger partial charge in [-0.2, -0.15) is 0 Å². The van der Waals surface area contributed by atoms with Crippen LogP contribution in [0.1, 0.15) is 24.2 Å². The maximum atomic E-state index is 11.6. The van der Waals surface area contributed by atoms with Gasteiger partial charge in [-0.3, -0.25) is 9.78 Å². The summed E-state index contributed by atoms with van der Waals surface area (Å²) < 4.78 is 11.6. The Bertz CT molecular complexity index is 1050. The lowest BCUT2D eigenvalue weighted by molar-refractivity contribution is 0.100. The third-order valence-electron chi connectivity index (χ3n) is 4.79. The minimum Gasteiger partial charge on any atom is -0.490 e. The van der Waals surface area contributed by atoms with E-state index in [0.717, 1.165) is 41.1 Å². The molecule has 0 saturated carbocycles. The van der Waals surface area contributed by atoms with Crippen LogP contribution in [-0.4, -0.2) is 48.3 Å². The molecule has 2 aromatic heterocycles. The molecule has 150 valence electrons. The summed E-state index contributed by atoms with van der Waals surface area (Å²) in [5, 5.41) is 0.880. The van der Waals surface area contributed by atoms with Gasteiger partial charge >= 0.3 is 0 Å². The number of carbonyl (C=O) groups excluding carboxylic acids is 1. The van der Waals surface area contributed by atoms with Gasteiger partial charge in [0.2, 0.25) is 5.91 Å². The predicted molar refractivity (Wildman–Crippen MR) is 112 cm³/mol. The number of nitrogens with two attached hydrogens (primary N) is 1. The van der Waals surface area contributed by atoms with Crippen molar-refractivity contribution in [2.75, 3.05) is 31.2 Å². The average molecular weight is 392 g/mol. The van der Waals surface area contributed by atoms with Gasteiger partial charge in [-0.1, -0.05) is 12.1 Å². The van der Waals surface area contributed by atoms with Crippen LogP contribution in [0.25, 0.3) is 22.2 Å². The Morgan fingerprint density at radius 3 is 2.72 bits per heavy atom. The van der Waals surface area contributed by atoms with Gasteiger partial charge in [0.05, 0.1) is 25.0 Å². The number of hydrogen-bond acceptors (Lipinski definition) is 6. The van der Waals surface area contributed by atoms with Gasteiger partial charge < -0.3 is 20.1 Å². The summed E-state index contributed by atoms with van der Waals surface area (Å²) in [6.45, 7) is 6.87. The molecule has 7 heteroatoms. The van der Waals surface area contributed by atoms with E-state index in [-0.39, 0.29) is 6.10 Å². The summed E-state index contributed by atoms with van der Waals surface area (Å²) >= 11 is 0. The molecule has 1 amide bonds. The number of pyridine rings is 2. The number of aromatic nitrogens is 2. The fourth-order valence-electron chi connectivity index (χ4n) is 3.44. The molecular formula is C22H24N4O3. The Kier molecular flexibility index (Phi) is 5.31. The normalized spacial score (nSPS) is 14.4. The second kappa shape index (κ2) is 8.05. The Morgan fingerprint density at radius 1 is 1.21 bits per heavy atom. The van der Waals surface area contributed by atoms with Crippen LogP contribution < -0.4 is 15.4 Å². The van der Waals surface area contributed by atoms with Crippen molar-refractivity contribution in [3.63, 3.8) is 0 Å². The summed E-state index contributed by atoms with van der Waals surface area (Å²) in [6, 6.07) is 11.0. The molecule has 0 bridgehead atoms. The zero-order valence-electron chi connectivity index (χ0n) is 16.6. The fourth-order valence-corrected chi connectivity index (χ4v) is 3.44. The van der Waals surface area contributed by atoms with Gasteiger partial charge in [0.25, 0.3) is 0 Å². The number of hydrogen-bond donors (Lipinski definition) is 1. The van der Waals surface area contributed by atoms with E-state index in [1.54, 1.807) is 24.4 Å². The van der Waals surface area contributed by atoms with Gasteiger partial charge in [-0.25, -0.2) is 4.98 Å². The molecule has 1 aliphatic heterocycles. The van der Waals surface area contributed by atoms with Crippen molar-refractivity contribution >= 4 is 22.6 Å². The lowest BCUT2D eigenvalue weighted by Gasteiger charge is -2.28. The summed E-state index contributed by atoms with van der Waals surface area (Å²) in [7, 11) is 0. The topological polar surface area (TPSA) is 90.6 Å². The van der Waals surface area contributed by atoms with Crippen molar-refractivity contribution in [2.24, 2.45) is 5.73 Å². The lowest BCUT2D eigenvalue weighted by atomic mass is 10.0. The quantitative estimate of drug-likeness (QED) is 0.718. The number of anilines is 1. The average Bonchev–Trinajstić information content (AvgIpc) is 2.73. The molecule has 1 saturated heterocycles. The molecule has 4 rings (SSSR count). The standard InChI is InChI=1S/C22H24N4O3/c1-14(2)29-18-13-19(26-8-10-28-11-9-26)25-21-17(18)6-7-24-20(21)15-4-3-5-16(12-15)22(23)27/h3-7,12-14H,8-11H2,1-2H3,(H2,23,27). The first-order valence-electron chi connectivity index (χ1n) is 9.72. The van der Waals surface area contributed by atoms with Gasteiger partial charge in [-0.15, -0.1) is 0 Å². The minimum atomic E-state index is -0.474. The van der Waals surface area contributed by atoms with E-state index < -0.39 is 5.91 Å². The van der Waals surface area contributed by atoms with Gasteiger partial charge in [0.1, 0.15) is 17.1 Å². The highest BCUT2D eigenvalue weighted by Gasteiger charge is 2.19. The van der Waals surface area contributed by atoms with Crippen LogP contribution >= 0.6 is 0 Å². The summed E-state index contributed by atoms with van der Waals surface area (Å²) in [6.07, 6.45) is 1.76. The number of benzene rings is 1. The van der Waals surface area contributed by atoms with Crippen molar-refractivity contribution in [2.45, 2.75) is 20.0 Å². The number of morpholine rings is 1. The lowest BCUT2D eigenvalue weighted by Crippen LogP contribution is -2.36. The molecule has 0 aliphatic carbocycles. The van der Waals surface area contributed by atoms with Crippen LogP contribution in [0.2, 0.25) is 0 Å². The zero-order valence-corrected chi connectivity index (χ0v) is 16.6. The molecular weight excluding hydrogens is 368 g/mol. The van der Waals surface area contributed by atoms with E-state index in [4.69, 9.17) is 20.2 Å². The first-order chi connectivity index (χ1) is 14.0. The molecule has 1 aromatic carbocycles. The highest BCUT2D eigenvalue weighted by atomic mass is 16.5. The van der Waals surface area contributed by atoms with E-state index in [1.807, 2.05) is 32.0 Å². The van der Waals surface area contributed by atoms with Crippen molar-refractivity contribution in [1.29, 1.82) is 0 Å². The van der Waals surface area contributed by atoms with Gasteiger partial charge in [-0.05, 0) is 32.0 Å². The maximum Gasteiger partial charge on any atom is 0.248 e. The highest BCUT2D eigenvalue weighted by Crippen LogP contribution is 2.35. The monoisotopic (exact) mass is 392 g/mol. The predicted octanol–water partition coefficient (Wildman–Crippen LogP) is 3.02. The SMILES string of the molecule is CC(C)Oc1cc(N2CCOCC2)nc2c(-c3cccc(C(N)=O)c3)nccc12. The third kappa shape index (κ3) is 4.00. The second-order valence-electron chi connectivity index (χ2n) is 7.25. The Hall–Kier alpha value is -3.19. The summed E-state index contributed by atoms with van der Waals surface area (Å²) in [5.74, 6) is 1.12. The molecule has 0 unspecified atom stereocenters. The number of primary amides is 1. The van der Waals surface area contributed by atoms with Crippen LogP contribution in [-0.2, 0) is 4.74 Å². The molecule has 1 fully saturated rings. The third-order valence-corrected chi connectivity index (χ3v) is 4.79. The largest absolute Gasteiger partial charge is 0.490 e. The molecule has 0 radical (unpaired) electrons. The molecule has 0 spiro atoms. The fraction of sp³-hybridized carbons (Fsp3) is 0.318. The number of nitrogens with zero attached hydrogens (tertiary/aromatic N) is 3. The summed E-state index contributed by atoms with van der Waals surface area (Å²) in [5.41, 5.74) is 8.10.